The van der Waals surface area contributed by atoms with Crippen molar-refractivity contribution in [2.45, 2.75) is 50.2 Å². The minimum absolute atomic E-state index is 0.00342. The van der Waals surface area contributed by atoms with Gasteiger partial charge in [0.1, 0.15) is 28.1 Å². The molecule has 1 aliphatic heterocycles. The molecule has 3 aromatic carbocycles. The van der Waals surface area contributed by atoms with E-state index in [-0.39, 0.29) is 35.2 Å². The summed E-state index contributed by atoms with van der Waals surface area (Å²) in [5.41, 5.74) is 4.65. The first-order chi connectivity index (χ1) is 20.5. The number of fused-ring (bicyclic) bond motifs is 3. The highest BCUT2D eigenvalue weighted by Crippen LogP contribution is 2.40. The van der Waals surface area contributed by atoms with Gasteiger partial charge in [-0.2, -0.15) is 4.31 Å². The number of aryl methyl sites for hydroxylation is 2. The molecule has 0 bridgehead atoms. The van der Waals surface area contributed by atoms with Crippen LogP contribution >= 0.6 is 22.9 Å². The molecule has 9 nitrogen and oxygen atoms in total. The Labute approximate surface area is 256 Å². The fourth-order valence-corrected chi connectivity index (χ4v) is 8.44. The van der Waals surface area contributed by atoms with Crippen LogP contribution in [0.3, 0.4) is 0 Å². The van der Waals surface area contributed by atoms with Crippen LogP contribution in [0.2, 0.25) is 5.02 Å². The second-order valence-electron chi connectivity index (χ2n) is 10.7. The fraction of sp³-hybridized carbons (Fsp3) is 0.300. The first-order valence-corrected chi connectivity index (χ1v) is 16.3. The number of carboxylic acids is 1. The minimum Gasteiger partial charge on any atom is -0.488 e. The average Bonchev–Trinajstić information content (AvgIpc) is 3.57. The molecule has 3 heterocycles. The second kappa shape index (κ2) is 11.2. The zero-order valence-electron chi connectivity index (χ0n) is 23.5. The van der Waals surface area contributed by atoms with Crippen molar-refractivity contribution in [1.82, 2.24) is 19.3 Å². The Hall–Kier alpha value is -3.58. The number of carbonyl (C=O) groups is 1. The highest BCUT2D eigenvalue weighted by molar-refractivity contribution is 7.89. The van der Waals surface area contributed by atoms with Crippen LogP contribution in [0.25, 0.3) is 21.1 Å². The summed E-state index contributed by atoms with van der Waals surface area (Å²) in [6.07, 6.45) is -0.193. The van der Waals surface area contributed by atoms with Crippen molar-refractivity contribution < 1.29 is 27.4 Å². The maximum absolute atomic E-state index is 14.3. The maximum Gasteiger partial charge on any atom is 0.304 e. The van der Waals surface area contributed by atoms with Gasteiger partial charge in [-0.3, -0.25) is 4.79 Å². The quantitative estimate of drug-likeness (QED) is 0.223. The fourth-order valence-electron chi connectivity index (χ4n) is 5.75. The Morgan fingerprint density at radius 2 is 2.05 bits per heavy atom. The number of aromatic nitrogens is 3. The molecule has 0 spiro atoms. The van der Waals surface area contributed by atoms with Gasteiger partial charge < -0.3 is 9.84 Å². The van der Waals surface area contributed by atoms with E-state index >= 15 is 0 Å². The number of carboxylic acid groups (broad SMARTS) is 1. The third kappa shape index (κ3) is 5.26. The summed E-state index contributed by atoms with van der Waals surface area (Å²) in [4.78, 5) is 12.0. The molecule has 1 aliphatic rings. The molecule has 224 valence electrons. The van der Waals surface area contributed by atoms with Crippen LogP contribution in [0.15, 0.2) is 52.7 Å². The number of thiophene rings is 1. The van der Waals surface area contributed by atoms with Crippen molar-refractivity contribution in [3.8, 4) is 5.75 Å². The van der Waals surface area contributed by atoms with Crippen molar-refractivity contribution in [3.63, 3.8) is 0 Å². The number of ether oxygens (including phenoxy) is 1. The molecule has 0 radical (unpaired) electrons. The van der Waals surface area contributed by atoms with E-state index < -0.39 is 33.8 Å². The maximum atomic E-state index is 14.3. The van der Waals surface area contributed by atoms with E-state index in [1.165, 1.54) is 15.6 Å². The monoisotopic (exact) mass is 642 g/mol. The summed E-state index contributed by atoms with van der Waals surface area (Å²) in [7, 11) is -2.33. The smallest absolute Gasteiger partial charge is 0.304 e. The average molecular weight is 643 g/mol. The first-order valence-electron chi connectivity index (χ1n) is 13.6. The van der Waals surface area contributed by atoms with Crippen molar-refractivity contribution in [2.75, 3.05) is 6.54 Å². The predicted octanol–water partition coefficient (Wildman–Crippen LogP) is 6.25. The molecule has 1 unspecified atom stereocenters. The van der Waals surface area contributed by atoms with Gasteiger partial charge in [-0.1, -0.05) is 35.9 Å². The highest BCUT2D eigenvalue weighted by atomic mass is 35.5. The van der Waals surface area contributed by atoms with Crippen LogP contribution in [-0.2, 0) is 28.4 Å². The molecule has 1 N–H and O–H groups in total. The van der Waals surface area contributed by atoms with Crippen LogP contribution in [0.5, 0.6) is 5.75 Å². The van der Waals surface area contributed by atoms with E-state index in [0.29, 0.717) is 11.9 Å². The van der Waals surface area contributed by atoms with Gasteiger partial charge >= 0.3 is 5.97 Å². The molecule has 0 saturated heterocycles. The molecule has 0 saturated carbocycles. The molecule has 0 fully saturated rings. The SMILES string of the molecule is CC[C@@H]1CN(Cc2cc(C(CC(=O)O)c3ccc4c(nnn4C)c3C)cc3ccsc23)S(=O)(=O)c2cc(Cl)c(F)cc2O1. The van der Waals surface area contributed by atoms with Crippen molar-refractivity contribution in [3.05, 3.63) is 80.9 Å². The van der Waals surface area contributed by atoms with Gasteiger partial charge in [-0.25, -0.2) is 17.5 Å². The van der Waals surface area contributed by atoms with Gasteiger partial charge in [0.2, 0.25) is 10.0 Å². The van der Waals surface area contributed by atoms with E-state index in [4.69, 9.17) is 16.3 Å². The zero-order chi connectivity index (χ0) is 30.6. The van der Waals surface area contributed by atoms with Crippen molar-refractivity contribution in [1.29, 1.82) is 0 Å². The molecular formula is C30H28ClFN4O5S2. The number of rotatable bonds is 7. The van der Waals surface area contributed by atoms with Gasteiger partial charge in [0, 0.05) is 30.3 Å². The topological polar surface area (TPSA) is 115 Å². The first kappa shape index (κ1) is 29.5. The van der Waals surface area contributed by atoms with E-state index in [9.17, 15) is 22.7 Å². The molecule has 13 heteroatoms. The number of nitrogens with zero attached hydrogens (tertiary/aromatic N) is 4. The Kier molecular flexibility index (Phi) is 7.66. The van der Waals surface area contributed by atoms with E-state index in [1.54, 1.807) is 11.7 Å². The Bertz CT molecular complexity index is 2010. The molecule has 0 aliphatic carbocycles. The third-order valence-corrected chi connectivity index (χ3v) is 11.1. The van der Waals surface area contributed by atoms with Gasteiger partial charge in [0.25, 0.3) is 0 Å². The summed E-state index contributed by atoms with van der Waals surface area (Å²) in [5, 5.41) is 20.8. The van der Waals surface area contributed by atoms with Gasteiger partial charge in [0.15, 0.2) is 0 Å². The molecule has 0 amide bonds. The standard InChI is InChI=1S/C30H28ClFN4O5S2/c1-4-20-15-36(43(39,40)27-12-23(31)24(32)13-26(27)41-20)14-19-10-18(9-17-7-8-42-30(17)19)22(11-28(37)38)21-5-6-25-29(16(21)2)33-34-35(25)3/h5-10,12-13,20,22H,4,11,14-15H2,1-3H3,(H,37,38)/t20-,22?/m1/s1. The minimum atomic E-state index is -4.13. The van der Waals surface area contributed by atoms with E-state index in [2.05, 4.69) is 10.3 Å². The molecular weight excluding hydrogens is 615 g/mol. The van der Waals surface area contributed by atoms with E-state index in [0.717, 1.165) is 50.0 Å². The lowest BCUT2D eigenvalue weighted by Gasteiger charge is -2.24. The predicted molar refractivity (Wildman–Crippen MR) is 163 cm³/mol. The summed E-state index contributed by atoms with van der Waals surface area (Å²) >= 11 is 7.49. The Morgan fingerprint density at radius 1 is 1.26 bits per heavy atom. The lowest BCUT2D eigenvalue weighted by molar-refractivity contribution is -0.137. The van der Waals surface area contributed by atoms with Crippen LogP contribution < -0.4 is 4.74 Å². The highest BCUT2D eigenvalue weighted by Gasteiger charge is 2.36. The lowest BCUT2D eigenvalue weighted by Crippen LogP contribution is -2.36. The van der Waals surface area contributed by atoms with Crippen LogP contribution in [0.4, 0.5) is 4.39 Å². The summed E-state index contributed by atoms with van der Waals surface area (Å²) < 4.78 is 52.1. The van der Waals surface area contributed by atoms with Crippen LogP contribution in [0.1, 0.15) is 47.9 Å². The zero-order valence-corrected chi connectivity index (χ0v) is 25.9. The number of halogens is 2. The van der Waals surface area contributed by atoms with Gasteiger partial charge in [0.05, 0.1) is 23.5 Å². The van der Waals surface area contributed by atoms with E-state index in [1.807, 2.05) is 49.6 Å². The number of hydrogen-bond acceptors (Lipinski definition) is 7. The van der Waals surface area contributed by atoms with Gasteiger partial charge in [-0.05, 0) is 70.6 Å². The number of sulfonamides is 1. The summed E-state index contributed by atoms with van der Waals surface area (Å²) in [5.74, 6) is -2.31. The van der Waals surface area contributed by atoms with Gasteiger partial charge in [-0.15, -0.1) is 16.4 Å². The Morgan fingerprint density at radius 3 is 2.79 bits per heavy atom. The van der Waals surface area contributed by atoms with Crippen molar-refractivity contribution >= 4 is 60.0 Å². The Balaban J connectivity index is 1.48. The molecule has 2 atom stereocenters. The second-order valence-corrected chi connectivity index (χ2v) is 13.9. The van der Waals surface area contributed by atoms with Crippen LogP contribution in [-0.4, -0.2) is 51.4 Å². The number of hydrogen-bond donors (Lipinski definition) is 1. The molecule has 5 aromatic rings. The number of aliphatic carboxylic acids is 1. The molecule has 43 heavy (non-hydrogen) atoms. The largest absolute Gasteiger partial charge is 0.488 e. The molecule has 2 aromatic heterocycles. The summed E-state index contributed by atoms with van der Waals surface area (Å²) in [6, 6.07) is 11.7. The normalized spacial score (nSPS) is 17.5. The molecule has 6 rings (SSSR count). The van der Waals surface area contributed by atoms with Crippen molar-refractivity contribution in [2.24, 2.45) is 7.05 Å². The van der Waals surface area contributed by atoms with Crippen LogP contribution in [0, 0.1) is 12.7 Å². The number of benzene rings is 3. The third-order valence-electron chi connectivity index (χ3n) is 7.99. The lowest BCUT2D eigenvalue weighted by atomic mass is 9.84. The summed E-state index contributed by atoms with van der Waals surface area (Å²) in [6.45, 7) is 3.83.